The van der Waals surface area contributed by atoms with Crippen LogP contribution < -0.4 is 0 Å². The van der Waals surface area contributed by atoms with Crippen molar-refractivity contribution in [2.24, 2.45) is 0 Å². The molecule has 0 saturated heterocycles. The van der Waals surface area contributed by atoms with Gasteiger partial charge in [-0.25, -0.2) is 0 Å². The maximum Gasteiger partial charge on any atom is 0.236 e. The molecule has 0 aromatic rings. The van der Waals surface area contributed by atoms with Crippen molar-refractivity contribution in [3.63, 3.8) is 0 Å². The Labute approximate surface area is 117 Å². The maximum atomic E-state index is 12.4. The van der Waals surface area contributed by atoms with Crippen molar-refractivity contribution >= 4 is 5.91 Å². The Balaban J connectivity index is 2.47. The summed E-state index contributed by atoms with van der Waals surface area (Å²) in [6, 6.07) is 0.570. The van der Waals surface area contributed by atoms with Gasteiger partial charge in [0.1, 0.15) is 0 Å². The monoisotopic (exact) mass is 270 g/mol. The first-order valence-corrected chi connectivity index (χ1v) is 7.85. The Kier molecular flexibility index (Phi) is 8.07. The van der Waals surface area contributed by atoms with E-state index in [0.29, 0.717) is 12.6 Å². The lowest BCUT2D eigenvalue weighted by molar-refractivity contribution is -0.133. The van der Waals surface area contributed by atoms with Crippen LogP contribution in [-0.4, -0.2) is 59.6 Å². The fourth-order valence-corrected chi connectivity index (χ4v) is 2.59. The van der Waals surface area contributed by atoms with E-state index in [0.717, 1.165) is 38.9 Å². The predicted octanol–water partition coefficient (Wildman–Crippen LogP) is 1.87. The van der Waals surface area contributed by atoms with Gasteiger partial charge in [-0.3, -0.25) is 9.69 Å². The highest BCUT2D eigenvalue weighted by Crippen LogP contribution is 2.24. The Morgan fingerprint density at radius 2 is 1.79 bits per heavy atom. The molecule has 1 amide bonds. The molecular weight excluding hydrogens is 240 g/mol. The second-order valence-corrected chi connectivity index (χ2v) is 5.51. The summed E-state index contributed by atoms with van der Waals surface area (Å²) in [7, 11) is 0. The minimum absolute atomic E-state index is 0.213. The number of hydrogen-bond acceptors (Lipinski definition) is 3. The van der Waals surface area contributed by atoms with Crippen LogP contribution in [0.2, 0.25) is 0 Å². The Morgan fingerprint density at radius 1 is 1.16 bits per heavy atom. The van der Waals surface area contributed by atoms with Gasteiger partial charge in [-0.1, -0.05) is 20.3 Å². The van der Waals surface area contributed by atoms with Crippen molar-refractivity contribution in [1.82, 2.24) is 9.80 Å². The van der Waals surface area contributed by atoms with Crippen molar-refractivity contribution in [1.29, 1.82) is 0 Å². The molecule has 0 aromatic carbocycles. The van der Waals surface area contributed by atoms with Gasteiger partial charge in [-0.05, 0) is 32.1 Å². The molecule has 19 heavy (non-hydrogen) atoms. The number of nitrogens with zero attached hydrogens (tertiary/aromatic N) is 2. The molecule has 0 bridgehead atoms. The third-order valence-electron chi connectivity index (χ3n) is 3.87. The van der Waals surface area contributed by atoms with Crippen LogP contribution in [0.5, 0.6) is 0 Å². The number of aliphatic hydroxyl groups is 1. The predicted molar refractivity (Wildman–Crippen MR) is 78.1 cm³/mol. The van der Waals surface area contributed by atoms with Crippen molar-refractivity contribution in [3.05, 3.63) is 0 Å². The Morgan fingerprint density at radius 3 is 2.21 bits per heavy atom. The quantitative estimate of drug-likeness (QED) is 0.659. The van der Waals surface area contributed by atoms with Crippen molar-refractivity contribution < 1.29 is 9.90 Å². The summed E-state index contributed by atoms with van der Waals surface area (Å²) in [5, 5.41) is 8.98. The summed E-state index contributed by atoms with van der Waals surface area (Å²) in [5.74, 6) is 0.258. The van der Waals surface area contributed by atoms with Gasteiger partial charge in [0.05, 0.1) is 6.54 Å². The smallest absolute Gasteiger partial charge is 0.236 e. The number of amides is 1. The Hall–Kier alpha value is -0.610. The fraction of sp³-hybridized carbons (Fsp3) is 0.933. The van der Waals surface area contributed by atoms with Gasteiger partial charge in [0, 0.05) is 32.3 Å². The van der Waals surface area contributed by atoms with Gasteiger partial charge in [0.2, 0.25) is 5.91 Å². The van der Waals surface area contributed by atoms with Gasteiger partial charge in [-0.2, -0.15) is 0 Å². The van der Waals surface area contributed by atoms with Crippen LogP contribution in [0.25, 0.3) is 0 Å². The number of carbonyl (C=O) groups is 1. The second-order valence-electron chi connectivity index (χ2n) is 5.51. The van der Waals surface area contributed by atoms with Gasteiger partial charge in [0.15, 0.2) is 0 Å². The van der Waals surface area contributed by atoms with Gasteiger partial charge < -0.3 is 10.0 Å². The molecule has 1 saturated carbocycles. The topological polar surface area (TPSA) is 43.8 Å². The summed E-state index contributed by atoms with van der Waals surface area (Å²) < 4.78 is 0. The van der Waals surface area contributed by atoms with Gasteiger partial charge in [0.25, 0.3) is 0 Å². The minimum atomic E-state index is 0.213. The summed E-state index contributed by atoms with van der Waals surface area (Å²) in [6.45, 7) is 7.56. The molecule has 1 fully saturated rings. The minimum Gasteiger partial charge on any atom is -0.396 e. The van der Waals surface area contributed by atoms with Crippen LogP contribution in [0.1, 0.15) is 52.4 Å². The zero-order valence-corrected chi connectivity index (χ0v) is 12.6. The first kappa shape index (κ1) is 16.4. The van der Waals surface area contributed by atoms with E-state index < -0.39 is 0 Å². The van der Waals surface area contributed by atoms with Crippen LogP contribution in [0.15, 0.2) is 0 Å². The number of carbonyl (C=O) groups excluding carboxylic acids is 1. The van der Waals surface area contributed by atoms with Crippen LogP contribution in [0.4, 0.5) is 0 Å². The van der Waals surface area contributed by atoms with Crippen LogP contribution >= 0.6 is 0 Å². The van der Waals surface area contributed by atoms with Crippen LogP contribution in [-0.2, 0) is 4.79 Å². The standard InChI is InChI=1S/C15H30N2O2/c1-3-9-16(10-4-2)15(19)13-17(11-6-12-18)14-7-5-8-14/h14,18H,3-13H2,1-2H3. The molecule has 4 nitrogen and oxygen atoms in total. The number of aliphatic hydroxyl groups excluding tert-OH is 1. The summed E-state index contributed by atoms with van der Waals surface area (Å²) >= 11 is 0. The summed E-state index contributed by atoms with van der Waals surface area (Å²) in [6.07, 6.45) is 6.51. The average Bonchev–Trinajstić information content (AvgIpc) is 2.33. The van der Waals surface area contributed by atoms with E-state index in [1.807, 2.05) is 4.90 Å². The van der Waals surface area contributed by atoms with Crippen molar-refractivity contribution in [2.45, 2.75) is 58.4 Å². The van der Waals surface area contributed by atoms with E-state index in [9.17, 15) is 4.79 Å². The lowest BCUT2D eigenvalue weighted by Crippen LogP contribution is -2.48. The first-order valence-electron chi connectivity index (χ1n) is 7.85. The molecule has 1 rings (SSSR count). The molecule has 0 aromatic heterocycles. The zero-order chi connectivity index (χ0) is 14.1. The molecule has 0 unspecified atom stereocenters. The van der Waals surface area contributed by atoms with Crippen molar-refractivity contribution in [2.75, 3.05) is 32.8 Å². The van der Waals surface area contributed by atoms with Crippen molar-refractivity contribution in [3.8, 4) is 0 Å². The van der Waals surface area contributed by atoms with E-state index in [2.05, 4.69) is 18.7 Å². The fourth-order valence-electron chi connectivity index (χ4n) is 2.59. The lowest BCUT2D eigenvalue weighted by atomic mass is 9.91. The van der Waals surface area contributed by atoms with E-state index in [4.69, 9.17) is 5.11 Å². The highest BCUT2D eigenvalue weighted by molar-refractivity contribution is 5.78. The Bertz CT molecular complexity index is 249. The highest BCUT2D eigenvalue weighted by atomic mass is 16.3. The van der Waals surface area contributed by atoms with Crippen LogP contribution in [0.3, 0.4) is 0 Å². The third kappa shape index (κ3) is 5.49. The molecule has 0 spiro atoms. The first-order chi connectivity index (χ1) is 9.22. The SMILES string of the molecule is CCCN(CCC)C(=O)CN(CCCO)C1CCC1. The molecule has 0 heterocycles. The molecule has 112 valence electrons. The second kappa shape index (κ2) is 9.32. The highest BCUT2D eigenvalue weighted by Gasteiger charge is 2.27. The number of hydrogen-bond donors (Lipinski definition) is 1. The summed E-state index contributed by atoms with van der Waals surface area (Å²) in [4.78, 5) is 16.6. The third-order valence-corrected chi connectivity index (χ3v) is 3.87. The molecule has 1 aliphatic carbocycles. The van der Waals surface area contributed by atoms with Gasteiger partial charge >= 0.3 is 0 Å². The van der Waals surface area contributed by atoms with Crippen LogP contribution in [0, 0.1) is 0 Å². The zero-order valence-electron chi connectivity index (χ0n) is 12.6. The van der Waals surface area contributed by atoms with E-state index in [-0.39, 0.29) is 12.5 Å². The molecule has 1 aliphatic rings. The summed E-state index contributed by atoms with van der Waals surface area (Å²) in [5.41, 5.74) is 0. The molecule has 1 N–H and O–H groups in total. The largest absolute Gasteiger partial charge is 0.396 e. The van der Waals surface area contributed by atoms with E-state index in [1.165, 1.54) is 19.3 Å². The normalized spacial score (nSPS) is 15.6. The molecule has 0 radical (unpaired) electrons. The lowest BCUT2D eigenvalue weighted by Gasteiger charge is -2.38. The maximum absolute atomic E-state index is 12.4. The average molecular weight is 270 g/mol. The van der Waals surface area contributed by atoms with E-state index >= 15 is 0 Å². The number of rotatable bonds is 10. The van der Waals surface area contributed by atoms with Gasteiger partial charge in [-0.15, -0.1) is 0 Å². The molecule has 4 heteroatoms. The van der Waals surface area contributed by atoms with E-state index in [1.54, 1.807) is 0 Å². The molecule has 0 atom stereocenters. The molecular formula is C15H30N2O2. The molecule has 0 aliphatic heterocycles.